The Morgan fingerprint density at radius 1 is 1.68 bits per heavy atom. The molecule has 19 heavy (non-hydrogen) atoms. The normalized spacial score (nSPS) is 19.5. The van der Waals surface area contributed by atoms with Gasteiger partial charge in [-0.15, -0.1) is 11.3 Å². The lowest BCUT2D eigenvalue weighted by Crippen LogP contribution is -2.41. The summed E-state index contributed by atoms with van der Waals surface area (Å²) in [5.41, 5.74) is 0.965. The van der Waals surface area contributed by atoms with Crippen LogP contribution in [0.2, 0.25) is 0 Å². The predicted octanol–water partition coefficient (Wildman–Crippen LogP) is 1.86. The summed E-state index contributed by atoms with van der Waals surface area (Å²) in [5, 5.41) is 3.04. The number of nitrogens with zero attached hydrogens (tertiary/aromatic N) is 2. The maximum atomic E-state index is 11.3. The molecule has 0 spiro atoms. The maximum absolute atomic E-state index is 11.3. The first-order valence-corrected chi connectivity index (χ1v) is 7.53. The number of ether oxygens (including phenoxy) is 2. The fraction of sp³-hybridized carbons (Fsp3) is 0.692. The number of carbonyl (C=O) groups excluding carboxylic acids is 1. The average Bonchev–Trinajstić information content (AvgIpc) is 2.85. The van der Waals surface area contributed by atoms with E-state index in [2.05, 4.69) is 16.8 Å². The van der Waals surface area contributed by atoms with E-state index in [9.17, 15) is 4.79 Å². The largest absolute Gasteiger partial charge is 0.466 e. The van der Waals surface area contributed by atoms with Crippen LogP contribution in [0.3, 0.4) is 0 Å². The second-order valence-electron chi connectivity index (χ2n) is 4.55. The Kier molecular flexibility index (Phi) is 5.15. The highest BCUT2D eigenvalue weighted by atomic mass is 32.1. The maximum Gasteiger partial charge on any atom is 0.306 e. The molecule has 0 aliphatic carbocycles. The molecule has 1 aliphatic rings. The minimum atomic E-state index is -0.156. The molecule has 1 fully saturated rings. The molecule has 6 heteroatoms. The first kappa shape index (κ1) is 14.3. The first-order chi connectivity index (χ1) is 9.19. The van der Waals surface area contributed by atoms with Crippen molar-refractivity contribution in [2.45, 2.75) is 32.8 Å². The molecule has 106 valence electrons. The number of rotatable bonds is 5. The summed E-state index contributed by atoms with van der Waals surface area (Å²) in [7, 11) is 0. The van der Waals surface area contributed by atoms with Crippen molar-refractivity contribution in [3.05, 3.63) is 11.1 Å². The molecule has 1 aliphatic heterocycles. The molecule has 0 N–H and O–H groups in total. The van der Waals surface area contributed by atoms with Gasteiger partial charge in [0.2, 0.25) is 0 Å². The number of aromatic nitrogens is 1. The Bertz CT molecular complexity index is 422. The van der Waals surface area contributed by atoms with Gasteiger partial charge in [-0.3, -0.25) is 4.79 Å². The van der Waals surface area contributed by atoms with Gasteiger partial charge in [0.15, 0.2) is 5.13 Å². The summed E-state index contributed by atoms with van der Waals surface area (Å²) in [5.74, 6) is -0.156. The molecule has 1 unspecified atom stereocenters. The SMILES string of the molecule is CCOC(=O)CCc1csc(N2CCOC(C)C2)n1. The molecule has 0 saturated carbocycles. The van der Waals surface area contributed by atoms with Crippen LogP contribution in [0.15, 0.2) is 5.38 Å². The quantitative estimate of drug-likeness (QED) is 0.773. The van der Waals surface area contributed by atoms with E-state index >= 15 is 0 Å². The van der Waals surface area contributed by atoms with E-state index in [4.69, 9.17) is 9.47 Å². The fourth-order valence-electron chi connectivity index (χ4n) is 2.01. The number of carbonyl (C=O) groups is 1. The highest BCUT2D eigenvalue weighted by molar-refractivity contribution is 7.13. The first-order valence-electron chi connectivity index (χ1n) is 6.65. The van der Waals surface area contributed by atoms with Crippen LogP contribution in [0.4, 0.5) is 5.13 Å². The summed E-state index contributed by atoms with van der Waals surface area (Å²) in [6, 6.07) is 0. The van der Waals surface area contributed by atoms with Crippen molar-refractivity contribution in [1.29, 1.82) is 0 Å². The lowest BCUT2D eigenvalue weighted by atomic mass is 10.2. The van der Waals surface area contributed by atoms with Crippen molar-refractivity contribution in [3.63, 3.8) is 0 Å². The molecule has 1 saturated heterocycles. The van der Waals surface area contributed by atoms with E-state index in [1.807, 2.05) is 12.3 Å². The number of hydrogen-bond donors (Lipinski definition) is 0. The van der Waals surface area contributed by atoms with Crippen LogP contribution < -0.4 is 4.90 Å². The van der Waals surface area contributed by atoms with E-state index in [1.165, 1.54) is 0 Å². The van der Waals surface area contributed by atoms with Crippen LogP contribution in [0, 0.1) is 0 Å². The fourth-order valence-corrected chi connectivity index (χ4v) is 2.91. The molecule has 0 amide bonds. The third-order valence-corrected chi connectivity index (χ3v) is 3.89. The van der Waals surface area contributed by atoms with Gasteiger partial charge in [-0.25, -0.2) is 4.98 Å². The summed E-state index contributed by atoms with van der Waals surface area (Å²) in [4.78, 5) is 18.1. The van der Waals surface area contributed by atoms with Crippen molar-refractivity contribution in [3.8, 4) is 0 Å². The highest BCUT2D eigenvalue weighted by Crippen LogP contribution is 2.23. The van der Waals surface area contributed by atoms with E-state index in [0.717, 1.165) is 30.5 Å². The number of esters is 1. The summed E-state index contributed by atoms with van der Waals surface area (Å²) >= 11 is 1.63. The molecule has 1 aromatic heterocycles. The smallest absolute Gasteiger partial charge is 0.306 e. The van der Waals surface area contributed by atoms with Crippen LogP contribution in [-0.2, 0) is 20.7 Å². The molecule has 2 rings (SSSR count). The number of morpholine rings is 1. The molecule has 1 aromatic rings. The number of anilines is 1. The van der Waals surface area contributed by atoms with E-state index in [1.54, 1.807) is 11.3 Å². The number of thiazole rings is 1. The summed E-state index contributed by atoms with van der Waals surface area (Å²) < 4.78 is 10.4. The van der Waals surface area contributed by atoms with E-state index < -0.39 is 0 Å². The number of hydrogen-bond acceptors (Lipinski definition) is 6. The van der Waals surface area contributed by atoms with Gasteiger partial charge in [0.05, 0.1) is 31.4 Å². The Morgan fingerprint density at radius 2 is 2.53 bits per heavy atom. The molecule has 0 radical (unpaired) electrons. The van der Waals surface area contributed by atoms with Crippen molar-refractivity contribution >= 4 is 22.4 Å². The second kappa shape index (κ2) is 6.86. The monoisotopic (exact) mass is 284 g/mol. The van der Waals surface area contributed by atoms with Gasteiger partial charge in [0.1, 0.15) is 0 Å². The van der Waals surface area contributed by atoms with E-state index in [-0.39, 0.29) is 12.1 Å². The third-order valence-electron chi connectivity index (χ3n) is 2.94. The molecule has 0 bridgehead atoms. The van der Waals surface area contributed by atoms with Gasteiger partial charge in [-0.2, -0.15) is 0 Å². The Morgan fingerprint density at radius 3 is 3.26 bits per heavy atom. The van der Waals surface area contributed by atoms with Gasteiger partial charge in [-0.1, -0.05) is 0 Å². The lowest BCUT2D eigenvalue weighted by molar-refractivity contribution is -0.143. The van der Waals surface area contributed by atoms with Crippen LogP contribution in [0.1, 0.15) is 26.0 Å². The van der Waals surface area contributed by atoms with Crippen LogP contribution in [0.25, 0.3) is 0 Å². The number of aryl methyl sites for hydroxylation is 1. The van der Waals surface area contributed by atoms with E-state index in [0.29, 0.717) is 19.4 Å². The molecule has 5 nitrogen and oxygen atoms in total. The Hall–Kier alpha value is -1.14. The Balaban J connectivity index is 1.86. The summed E-state index contributed by atoms with van der Waals surface area (Å²) in [6.07, 6.45) is 1.30. The molecule has 2 heterocycles. The molecule has 0 aromatic carbocycles. The highest BCUT2D eigenvalue weighted by Gasteiger charge is 2.19. The average molecular weight is 284 g/mol. The van der Waals surface area contributed by atoms with Gasteiger partial charge in [0, 0.05) is 24.9 Å². The Labute approximate surface area is 117 Å². The van der Waals surface area contributed by atoms with Crippen LogP contribution >= 0.6 is 11.3 Å². The minimum absolute atomic E-state index is 0.156. The predicted molar refractivity (Wildman–Crippen MR) is 74.7 cm³/mol. The standard InChI is InChI=1S/C13H20N2O3S/c1-3-17-12(16)5-4-11-9-19-13(14-11)15-6-7-18-10(2)8-15/h9-10H,3-8H2,1-2H3. The van der Waals surface area contributed by atoms with Crippen LogP contribution in [0.5, 0.6) is 0 Å². The minimum Gasteiger partial charge on any atom is -0.466 e. The van der Waals surface area contributed by atoms with Crippen LogP contribution in [-0.4, -0.2) is 43.4 Å². The van der Waals surface area contributed by atoms with Crippen molar-refractivity contribution in [2.75, 3.05) is 31.2 Å². The van der Waals surface area contributed by atoms with Gasteiger partial charge < -0.3 is 14.4 Å². The summed E-state index contributed by atoms with van der Waals surface area (Å²) in [6.45, 7) is 6.84. The molecule has 1 atom stereocenters. The zero-order valence-electron chi connectivity index (χ0n) is 11.4. The van der Waals surface area contributed by atoms with Gasteiger partial charge >= 0.3 is 5.97 Å². The zero-order valence-corrected chi connectivity index (χ0v) is 12.2. The molecular weight excluding hydrogens is 264 g/mol. The van der Waals surface area contributed by atoms with Crippen molar-refractivity contribution < 1.29 is 14.3 Å². The van der Waals surface area contributed by atoms with Crippen molar-refractivity contribution in [1.82, 2.24) is 4.98 Å². The van der Waals surface area contributed by atoms with Gasteiger partial charge in [-0.05, 0) is 13.8 Å². The third kappa shape index (κ3) is 4.18. The zero-order chi connectivity index (χ0) is 13.7. The van der Waals surface area contributed by atoms with Gasteiger partial charge in [0.25, 0.3) is 0 Å². The lowest BCUT2D eigenvalue weighted by Gasteiger charge is -2.30. The second-order valence-corrected chi connectivity index (χ2v) is 5.39. The molecular formula is C13H20N2O3S. The topological polar surface area (TPSA) is 51.7 Å². The van der Waals surface area contributed by atoms with Crippen molar-refractivity contribution in [2.24, 2.45) is 0 Å².